The summed E-state index contributed by atoms with van der Waals surface area (Å²) >= 11 is 8.45. The van der Waals surface area contributed by atoms with Gasteiger partial charge in [-0.15, -0.1) is 0 Å². The lowest BCUT2D eigenvalue weighted by Crippen LogP contribution is -2.37. The number of ether oxygens (including phenoxy) is 1. The van der Waals surface area contributed by atoms with E-state index < -0.39 is 0 Å². The van der Waals surface area contributed by atoms with Crippen molar-refractivity contribution in [3.63, 3.8) is 0 Å². The van der Waals surface area contributed by atoms with Gasteiger partial charge < -0.3 is 15.4 Å². The van der Waals surface area contributed by atoms with Gasteiger partial charge in [-0.05, 0) is 60.7 Å². The zero-order chi connectivity index (χ0) is 19.8. The molecule has 0 aliphatic carbocycles. The van der Waals surface area contributed by atoms with Gasteiger partial charge in [-0.25, -0.2) is 0 Å². The first-order chi connectivity index (χ1) is 12.8. The minimum Gasteiger partial charge on any atom is -0.484 e. The molecule has 0 saturated carbocycles. The average molecular weight is 450 g/mol. The Labute approximate surface area is 171 Å². The average Bonchev–Trinajstić information content (AvgIpc) is 2.62. The number of hydrogen-bond acceptors (Lipinski definition) is 4. The van der Waals surface area contributed by atoms with Crippen LogP contribution < -0.4 is 20.7 Å². The summed E-state index contributed by atoms with van der Waals surface area (Å²) in [6, 6.07) is 14.2. The topological polar surface area (TPSA) is 79.5 Å². The van der Waals surface area contributed by atoms with Gasteiger partial charge in [0.1, 0.15) is 5.75 Å². The molecular formula is C19H20BrN3O3S. The Balaban J connectivity index is 1.78. The third kappa shape index (κ3) is 7.36. The molecule has 0 unspecified atom stereocenters. The standard InChI is InChI=1S/C19H20BrN3O3S/c1-12(2)18(25)21-14-5-7-15(8-6-14)22-19(27)23-17(24)11-26-16-9-3-13(20)4-10-16/h3-10,12H,11H2,1-2H3,(H,21,25)(H2,22,23,24,27). The van der Waals surface area contributed by atoms with Crippen LogP contribution in [0.3, 0.4) is 0 Å². The molecule has 0 spiro atoms. The number of nitrogens with one attached hydrogen (secondary N) is 3. The highest BCUT2D eigenvalue weighted by molar-refractivity contribution is 9.10. The maximum atomic E-state index is 11.9. The lowest BCUT2D eigenvalue weighted by Gasteiger charge is -2.12. The van der Waals surface area contributed by atoms with Crippen LogP contribution in [0.2, 0.25) is 0 Å². The first kappa shape index (κ1) is 20.9. The highest BCUT2D eigenvalue weighted by atomic mass is 79.9. The second kappa shape index (κ2) is 10.0. The van der Waals surface area contributed by atoms with E-state index in [0.717, 1.165) is 4.47 Å². The normalized spacial score (nSPS) is 10.2. The number of carbonyl (C=O) groups excluding carboxylic acids is 2. The van der Waals surface area contributed by atoms with Crippen LogP contribution in [-0.2, 0) is 9.59 Å². The number of halogens is 1. The minimum absolute atomic E-state index is 0.0516. The number of anilines is 2. The Morgan fingerprint density at radius 1 is 1.00 bits per heavy atom. The molecule has 27 heavy (non-hydrogen) atoms. The van der Waals surface area contributed by atoms with E-state index in [9.17, 15) is 9.59 Å². The number of hydrogen-bond donors (Lipinski definition) is 3. The summed E-state index contributed by atoms with van der Waals surface area (Å²) < 4.78 is 6.32. The fourth-order valence-electron chi connectivity index (χ4n) is 1.93. The summed E-state index contributed by atoms with van der Waals surface area (Å²) in [7, 11) is 0. The smallest absolute Gasteiger partial charge is 0.264 e. The van der Waals surface area contributed by atoms with E-state index >= 15 is 0 Å². The highest BCUT2D eigenvalue weighted by Gasteiger charge is 2.08. The summed E-state index contributed by atoms with van der Waals surface area (Å²) in [4.78, 5) is 23.6. The van der Waals surface area contributed by atoms with E-state index in [2.05, 4.69) is 31.9 Å². The van der Waals surface area contributed by atoms with Crippen LogP contribution in [0, 0.1) is 5.92 Å². The maximum Gasteiger partial charge on any atom is 0.264 e. The van der Waals surface area contributed by atoms with Crippen LogP contribution in [0.15, 0.2) is 53.0 Å². The van der Waals surface area contributed by atoms with Gasteiger partial charge in [0.15, 0.2) is 11.7 Å². The number of thiocarbonyl (C=S) groups is 1. The molecule has 0 heterocycles. The molecule has 142 valence electrons. The molecule has 0 radical (unpaired) electrons. The van der Waals surface area contributed by atoms with E-state index in [-0.39, 0.29) is 29.5 Å². The molecule has 0 aliphatic rings. The molecule has 2 rings (SSSR count). The second-order valence-corrected chi connectivity index (χ2v) is 7.29. The number of rotatable bonds is 6. The number of amides is 2. The Hall–Kier alpha value is -2.45. The number of benzene rings is 2. The van der Waals surface area contributed by atoms with Crippen LogP contribution in [0.25, 0.3) is 0 Å². The van der Waals surface area contributed by atoms with Gasteiger partial charge in [-0.2, -0.15) is 0 Å². The molecule has 0 fully saturated rings. The summed E-state index contributed by atoms with van der Waals surface area (Å²) in [6.45, 7) is 3.50. The Morgan fingerprint density at radius 3 is 2.11 bits per heavy atom. The minimum atomic E-state index is -0.365. The van der Waals surface area contributed by atoms with Crippen molar-refractivity contribution >= 4 is 56.4 Å². The monoisotopic (exact) mass is 449 g/mol. The van der Waals surface area contributed by atoms with E-state index in [1.807, 2.05) is 26.0 Å². The van der Waals surface area contributed by atoms with E-state index in [1.165, 1.54) is 0 Å². The van der Waals surface area contributed by atoms with Crippen LogP contribution >= 0.6 is 28.1 Å². The molecule has 2 aromatic rings. The Bertz CT molecular complexity index is 808. The lowest BCUT2D eigenvalue weighted by atomic mass is 10.2. The van der Waals surface area contributed by atoms with Gasteiger partial charge in [0.25, 0.3) is 5.91 Å². The van der Waals surface area contributed by atoms with Crippen LogP contribution in [0.5, 0.6) is 5.75 Å². The molecule has 6 nitrogen and oxygen atoms in total. The van der Waals surface area contributed by atoms with Crippen molar-refractivity contribution in [3.8, 4) is 5.75 Å². The molecule has 0 bridgehead atoms. The third-order valence-corrected chi connectivity index (χ3v) is 4.10. The molecule has 0 atom stereocenters. The van der Waals surface area contributed by atoms with Crippen molar-refractivity contribution in [1.82, 2.24) is 5.32 Å². The highest BCUT2D eigenvalue weighted by Crippen LogP contribution is 2.16. The van der Waals surface area contributed by atoms with Crippen molar-refractivity contribution in [2.75, 3.05) is 17.2 Å². The van der Waals surface area contributed by atoms with E-state index in [1.54, 1.807) is 36.4 Å². The lowest BCUT2D eigenvalue weighted by molar-refractivity contribution is -0.121. The van der Waals surface area contributed by atoms with Gasteiger partial charge >= 0.3 is 0 Å². The van der Waals surface area contributed by atoms with Crippen LogP contribution in [0.1, 0.15) is 13.8 Å². The molecule has 2 aromatic carbocycles. The number of carbonyl (C=O) groups is 2. The van der Waals surface area contributed by atoms with Gasteiger partial charge in [0.05, 0.1) is 0 Å². The SMILES string of the molecule is CC(C)C(=O)Nc1ccc(NC(=S)NC(=O)COc2ccc(Br)cc2)cc1. The van der Waals surface area contributed by atoms with Gasteiger partial charge in [0, 0.05) is 21.8 Å². The third-order valence-electron chi connectivity index (χ3n) is 3.37. The van der Waals surface area contributed by atoms with Crippen molar-refractivity contribution < 1.29 is 14.3 Å². The molecule has 0 aliphatic heterocycles. The molecular weight excluding hydrogens is 430 g/mol. The van der Waals surface area contributed by atoms with Gasteiger partial charge in [0.2, 0.25) is 5.91 Å². The van der Waals surface area contributed by atoms with E-state index in [4.69, 9.17) is 17.0 Å². The molecule has 3 N–H and O–H groups in total. The van der Waals surface area contributed by atoms with Gasteiger partial charge in [-0.3, -0.25) is 14.9 Å². The molecule has 0 saturated heterocycles. The first-order valence-corrected chi connectivity index (χ1v) is 9.44. The van der Waals surface area contributed by atoms with Crippen molar-refractivity contribution in [3.05, 3.63) is 53.0 Å². The predicted octanol–water partition coefficient (Wildman–Crippen LogP) is 3.94. The predicted molar refractivity (Wildman–Crippen MR) is 114 cm³/mol. The summed E-state index contributed by atoms with van der Waals surface area (Å²) in [5, 5.41) is 8.42. The zero-order valence-electron chi connectivity index (χ0n) is 14.9. The van der Waals surface area contributed by atoms with Crippen LogP contribution in [-0.4, -0.2) is 23.5 Å². The van der Waals surface area contributed by atoms with Crippen molar-refractivity contribution in [1.29, 1.82) is 0 Å². The van der Waals surface area contributed by atoms with Crippen molar-refractivity contribution in [2.45, 2.75) is 13.8 Å². The zero-order valence-corrected chi connectivity index (χ0v) is 17.3. The second-order valence-electron chi connectivity index (χ2n) is 5.97. The van der Waals surface area contributed by atoms with E-state index in [0.29, 0.717) is 17.1 Å². The van der Waals surface area contributed by atoms with Crippen LogP contribution in [0.4, 0.5) is 11.4 Å². The molecule has 0 aromatic heterocycles. The Morgan fingerprint density at radius 2 is 1.56 bits per heavy atom. The quantitative estimate of drug-likeness (QED) is 0.582. The fraction of sp³-hybridized carbons (Fsp3) is 0.211. The Kier molecular flexibility index (Phi) is 7.75. The summed E-state index contributed by atoms with van der Waals surface area (Å²) in [5.74, 6) is 0.0805. The maximum absolute atomic E-state index is 11.9. The summed E-state index contributed by atoms with van der Waals surface area (Å²) in [5.41, 5.74) is 1.38. The van der Waals surface area contributed by atoms with Crippen molar-refractivity contribution in [2.24, 2.45) is 5.92 Å². The fourth-order valence-corrected chi connectivity index (χ4v) is 2.42. The summed E-state index contributed by atoms with van der Waals surface area (Å²) in [6.07, 6.45) is 0. The molecule has 2 amide bonds. The largest absolute Gasteiger partial charge is 0.484 e. The van der Waals surface area contributed by atoms with Gasteiger partial charge in [-0.1, -0.05) is 29.8 Å². The molecule has 8 heteroatoms. The first-order valence-electron chi connectivity index (χ1n) is 8.23.